The van der Waals surface area contributed by atoms with Gasteiger partial charge in [0, 0.05) is 6.04 Å². The van der Waals surface area contributed by atoms with Crippen molar-refractivity contribution in [2.75, 3.05) is 20.3 Å². The van der Waals surface area contributed by atoms with Crippen molar-refractivity contribution in [3.8, 4) is 11.5 Å². The molecule has 1 aliphatic carbocycles. The normalized spacial score (nSPS) is 22.6. The molecular formula is C18H29NO2. The predicted octanol–water partition coefficient (Wildman–Crippen LogP) is 4.12. The third-order valence-electron chi connectivity index (χ3n) is 4.38. The van der Waals surface area contributed by atoms with Crippen molar-refractivity contribution in [3.63, 3.8) is 0 Å². The van der Waals surface area contributed by atoms with E-state index >= 15 is 0 Å². The summed E-state index contributed by atoms with van der Waals surface area (Å²) >= 11 is 0. The molecule has 1 saturated carbocycles. The Balaban J connectivity index is 2.26. The molecule has 0 amide bonds. The Kier molecular flexibility index (Phi) is 6.37. The van der Waals surface area contributed by atoms with Crippen LogP contribution in [0.1, 0.15) is 57.4 Å². The molecule has 3 nitrogen and oxygen atoms in total. The highest BCUT2D eigenvalue weighted by Gasteiger charge is 2.24. The minimum absolute atomic E-state index is 0.569. The molecule has 1 aromatic carbocycles. The van der Waals surface area contributed by atoms with Gasteiger partial charge in [0.05, 0.1) is 13.2 Å². The van der Waals surface area contributed by atoms with Gasteiger partial charge in [-0.3, -0.25) is 0 Å². The molecule has 2 unspecified atom stereocenters. The van der Waals surface area contributed by atoms with E-state index in [0.717, 1.165) is 11.5 Å². The van der Waals surface area contributed by atoms with Crippen molar-refractivity contribution in [3.05, 3.63) is 23.8 Å². The topological polar surface area (TPSA) is 30.5 Å². The third kappa shape index (κ3) is 4.13. The molecule has 1 N–H and O–H groups in total. The molecule has 118 valence electrons. The lowest BCUT2D eigenvalue weighted by atomic mass is 9.87. The van der Waals surface area contributed by atoms with Crippen LogP contribution in [0, 0.1) is 0 Å². The average molecular weight is 291 g/mol. The first-order valence-corrected chi connectivity index (χ1v) is 8.37. The molecule has 2 rings (SSSR count). The fraction of sp³-hybridized carbons (Fsp3) is 0.667. The van der Waals surface area contributed by atoms with Crippen LogP contribution in [0.2, 0.25) is 0 Å². The second-order valence-corrected chi connectivity index (χ2v) is 5.71. The van der Waals surface area contributed by atoms with Crippen LogP contribution in [0.5, 0.6) is 11.5 Å². The predicted molar refractivity (Wildman–Crippen MR) is 87.5 cm³/mol. The summed E-state index contributed by atoms with van der Waals surface area (Å²) in [4.78, 5) is 0. The second-order valence-electron chi connectivity index (χ2n) is 5.71. The van der Waals surface area contributed by atoms with Crippen LogP contribution in [0.4, 0.5) is 0 Å². The summed E-state index contributed by atoms with van der Waals surface area (Å²) < 4.78 is 11.4. The van der Waals surface area contributed by atoms with Crippen molar-refractivity contribution in [2.45, 2.75) is 57.9 Å². The quantitative estimate of drug-likeness (QED) is 0.800. The first kappa shape index (κ1) is 16.2. The molecule has 21 heavy (non-hydrogen) atoms. The van der Waals surface area contributed by atoms with Gasteiger partial charge in [-0.15, -0.1) is 0 Å². The van der Waals surface area contributed by atoms with Crippen molar-refractivity contribution in [1.29, 1.82) is 0 Å². The number of likely N-dealkylation sites (N-methyl/N-ethyl adjacent to an activating group) is 1. The zero-order valence-corrected chi connectivity index (χ0v) is 13.7. The molecule has 0 spiro atoms. The Labute approximate surface area is 129 Å². The molecule has 1 aliphatic rings. The van der Waals surface area contributed by atoms with E-state index in [-0.39, 0.29) is 0 Å². The maximum atomic E-state index is 5.78. The monoisotopic (exact) mass is 291 g/mol. The van der Waals surface area contributed by atoms with Gasteiger partial charge in [-0.1, -0.05) is 25.3 Å². The molecule has 1 aromatic rings. The zero-order chi connectivity index (χ0) is 15.1. The summed E-state index contributed by atoms with van der Waals surface area (Å²) in [6.45, 7) is 5.36. The molecule has 0 heterocycles. The smallest absolute Gasteiger partial charge is 0.161 e. The fourth-order valence-electron chi connectivity index (χ4n) is 3.35. The number of nitrogens with one attached hydrogen (secondary N) is 1. The van der Waals surface area contributed by atoms with Crippen LogP contribution in [0.3, 0.4) is 0 Å². The van der Waals surface area contributed by atoms with Crippen LogP contribution in [-0.4, -0.2) is 26.3 Å². The van der Waals surface area contributed by atoms with E-state index < -0.39 is 0 Å². The second kappa shape index (κ2) is 8.28. The van der Waals surface area contributed by atoms with Gasteiger partial charge in [0.25, 0.3) is 0 Å². The Morgan fingerprint density at radius 2 is 1.71 bits per heavy atom. The van der Waals surface area contributed by atoms with E-state index in [1.807, 2.05) is 13.8 Å². The van der Waals surface area contributed by atoms with E-state index in [1.165, 1.54) is 37.7 Å². The van der Waals surface area contributed by atoms with Crippen LogP contribution in [0.15, 0.2) is 18.2 Å². The van der Waals surface area contributed by atoms with Crippen molar-refractivity contribution < 1.29 is 9.47 Å². The molecule has 3 heteroatoms. The SMILES string of the molecule is CCOc1ccc(C2CCCCCC2NC)cc1OCC. The number of hydrogen-bond acceptors (Lipinski definition) is 3. The largest absolute Gasteiger partial charge is 0.490 e. The van der Waals surface area contributed by atoms with Crippen LogP contribution >= 0.6 is 0 Å². The van der Waals surface area contributed by atoms with Gasteiger partial charge in [0.1, 0.15) is 0 Å². The molecule has 0 aromatic heterocycles. The average Bonchev–Trinajstić information content (AvgIpc) is 2.74. The zero-order valence-electron chi connectivity index (χ0n) is 13.7. The lowest BCUT2D eigenvalue weighted by Gasteiger charge is -2.26. The van der Waals surface area contributed by atoms with Gasteiger partial charge >= 0.3 is 0 Å². The summed E-state index contributed by atoms with van der Waals surface area (Å²) in [6.07, 6.45) is 6.52. The Morgan fingerprint density at radius 3 is 2.43 bits per heavy atom. The number of benzene rings is 1. The van der Waals surface area contributed by atoms with Crippen molar-refractivity contribution >= 4 is 0 Å². The lowest BCUT2D eigenvalue weighted by Crippen LogP contribution is -2.31. The minimum atomic E-state index is 0.569. The molecule has 0 saturated heterocycles. The highest BCUT2D eigenvalue weighted by Crippen LogP contribution is 2.37. The van der Waals surface area contributed by atoms with Gasteiger partial charge in [0.2, 0.25) is 0 Å². The highest BCUT2D eigenvalue weighted by atomic mass is 16.5. The summed E-state index contributed by atoms with van der Waals surface area (Å²) in [5.41, 5.74) is 1.38. The summed E-state index contributed by atoms with van der Waals surface area (Å²) in [7, 11) is 2.08. The molecule has 1 fully saturated rings. The summed E-state index contributed by atoms with van der Waals surface area (Å²) in [6, 6.07) is 7.05. The van der Waals surface area contributed by atoms with E-state index in [2.05, 4.69) is 30.6 Å². The van der Waals surface area contributed by atoms with E-state index in [9.17, 15) is 0 Å². The molecular weight excluding hydrogens is 262 g/mol. The minimum Gasteiger partial charge on any atom is -0.490 e. The van der Waals surface area contributed by atoms with E-state index in [4.69, 9.17) is 9.47 Å². The summed E-state index contributed by atoms with van der Waals surface area (Å²) in [5, 5.41) is 3.51. The molecule has 0 bridgehead atoms. The third-order valence-corrected chi connectivity index (χ3v) is 4.38. The lowest BCUT2D eigenvalue weighted by molar-refractivity contribution is 0.287. The molecule has 2 atom stereocenters. The van der Waals surface area contributed by atoms with Crippen LogP contribution in [0.25, 0.3) is 0 Å². The Hall–Kier alpha value is -1.22. The Bertz CT molecular complexity index is 433. The maximum absolute atomic E-state index is 5.78. The number of ether oxygens (including phenoxy) is 2. The summed E-state index contributed by atoms with van der Waals surface area (Å²) in [5.74, 6) is 2.32. The van der Waals surface area contributed by atoms with Crippen molar-refractivity contribution in [2.24, 2.45) is 0 Å². The van der Waals surface area contributed by atoms with Gasteiger partial charge < -0.3 is 14.8 Å². The number of hydrogen-bond donors (Lipinski definition) is 1. The van der Waals surface area contributed by atoms with E-state index in [0.29, 0.717) is 25.2 Å². The first-order valence-electron chi connectivity index (χ1n) is 8.37. The number of rotatable bonds is 6. The van der Waals surface area contributed by atoms with Crippen molar-refractivity contribution in [1.82, 2.24) is 5.32 Å². The maximum Gasteiger partial charge on any atom is 0.161 e. The standard InChI is InChI=1S/C18H29NO2/c1-4-20-17-12-11-14(13-18(17)21-5-2)15-9-7-6-8-10-16(15)19-3/h11-13,15-16,19H,4-10H2,1-3H3. The van der Waals surface area contributed by atoms with Gasteiger partial charge in [0.15, 0.2) is 11.5 Å². The highest BCUT2D eigenvalue weighted by molar-refractivity contribution is 5.44. The molecule has 0 radical (unpaired) electrons. The first-order chi connectivity index (χ1) is 10.3. The van der Waals surface area contributed by atoms with E-state index in [1.54, 1.807) is 0 Å². The Morgan fingerprint density at radius 1 is 1.00 bits per heavy atom. The van der Waals surface area contributed by atoms with Gasteiger partial charge in [-0.05, 0) is 57.4 Å². The van der Waals surface area contributed by atoms with Crippen LogP contribution < -0.4 is 14.8 Å². The van der Waals surface area contributed by atoms with Gasteiger partial charge in [-0.2, -0.15) is 0 Å². The molecule has 0 aliphatic heterocycles. The van der Waals surface area contributed by atoms with Crippen LogP contribution in [-0.2, 0) is 0 Å². The fourth-order valence-corrected chi connectivity index (χ4v) is 3.35. The van der Waals surface area contributed by atoms with Gasteiger partial charge in [-0.25, -0.2) is 0 Å².